The fourth-order valence-corrected chi connectivity index (χ4v) is 2.55. The Hall–Kier alpha value is 0.0569. The van der Waals surface area contributed by atoms with Crippen LogP contribution in [-0.2, 0) is 8.85 Å². The van der Waals surface area contributed by atoms with E-state index in [9.17, 15) is 0 Å². The number of rotatable bonds is 8. The Labute approximate surface area is 76.1 Å². The SMILES string of the molecule is CCC[SiH](OCCN)OCCN. The highest BCUT2D eigenvalue weighted by molar-refractivity contribution is 6.44. The van der Waals surface area contributed by atoms with E-state index in [4.69, 9.17) is 20.3 Å². The first kappa shape index (κ1) is 12.1. The summed E-state index contributed by atoms with van der Waals surface area (Å²) in [5.74, 6) is 0. The number of nitrogens with two attached hydrogens (primary N) is 2. The van der Waals surface area contributed by atoms with Crippen molar-refractivity contribution in [2.24, 2.45) is 11.5 Å². The van der Waals surface area contributed by atoms with Crippen molar-refractivity contribution in [1.29, 1.82) is 0 Å². The van der Waals surface area contributed by atoms with Gasteiger partial charge in [-0.1, -0.05) is 13.3 Å². The van der Waals surface area contributed by atoms with Crippen LogP contribution in [0.5, 0.6) is 0 Å². The van der Waals surface area contributed by atoms with Crippen LogP contribution in [0.15, 0.2) is 0 Å². The molecule has 0 heterocycles. The molecule has 0 aliphatic heterocycles. The van der Waals surface area contributed by atoms with Crippen LogP contribution in [0.1, 0.15) is 13.3 Å². The molecule has 0 saturated heterocycles. The van der Waals surface area contributed by atoms with Crippen LogP contribution >= 0.6 is 0 Å². The molecular formula is C7H20N2O2Si. The van der Waals surface area contributed by atoms with Crippen molar-refractivity contribution in [1.82, 2.24) is 0 Å². The summed E-state index contributed by atoms with van der Waals surface area (Å²) >= 11 is 0. The van der Waals surface area contributed by atoms with Gasteiger partial charge in [-0.2, -0.15) is 0 Å². The molecule has 0 rings (SSSR count). The summed E-state index contributed by atoms with van der Waals surface area (Å²) in [6.07, 6.45) is 1.10. The molecule has 0 aliphatic rings. The van der Waals surface area contributed by atoms with Gasteiger partial charge in [0.1, 0.15) is 0 Å². The largest absolute Gasteiger partial charge is 0.395 e. The zero-order valence-corrected chi connectivity index (χ0v) is 8.95. The minimum Gasteiger partial charge on any atom is -0.395 e. The monoisotopic (exact) mass is 192 g/mol. The molecule has 0 unspecified atom stereocenters. The second kappa shape index (κ2) is 9.15. The van der Waals surface area contributed by atoms with Crippen LogP contribution in [0.25, 0.3) is 0 Å². The molecule has 0 bridgehead atoms. The third-order valence-electron chi connectivity index (χ3n) is 1.37. The Bertz CT molecular complexity index is 87.5. The third kappa shape index (κ3) is 6.75. The lowest BCUT2D eigenvalue weighted by Gasteiger charge is -2.14. The van der Waals surface area contributed by atoms with Crippen molar-refractivity contribution < 1.29 is 8.85 Å². The van der Waals surface area contributed by atoms with Crippen LogP contribution in [0, 0.1) is 0 Å². The molecule has 74 valence electrons. The van der Waals surface area contributed by atoms with E-state index >= 15 is 0 Å². The molecule has 0 saturated carbocycles. The van der Waals surface area contributed by atoms with Gasteiger partial charge in [-0.25, -0.2) is 0 Å². The summed E-state index contributed by atoms with van der Waals surface area (Å²) in [5.41, 5.74) is 10.6. The molecule has 0 aromatic rings. The van der Waals surface area contributed by atoms with Gasteiger partial charge in [-0.15, -0.1) is 0 Å². The highest BCUT2D eigenvalue weighted by atomic mass is 28.3. The Balaban J connectivity index is 3.40. The quantitative estimate of drug-likeness (QED) is 0.512. The summed E-state index contributed by atoms with van der Waals surface area (Å²) < 4.78 is 10.9. The first-order valence-corrected chi connectivity index (χ1v) is 6.24. The maximum Gasteiger partial charge on any atom is 0.321 e. The molecule has 4 nitrogen and oxygen atoms in total. The minimum absolute atomic E-state index is 0.569. The van der Waals surface area contributed by atoms with Crippen LogP contribution < -0.4 is 11.5 Å². The minimum atomic E-state index is -1.43. The van der Waals surface area contributed by atoms with E-state index in [1.165, 1.54) is 0 Å². The number of hydrogen-bond donors (Lipinski definition) is 2. The van der Waals surface area contributed by atoms with Crippen LogP contribution in [0.4, 0.5) is 0 Å². The van der Waals surface area contributed by atoms with Crippen LogP contribution in [0.3, 0.4) is 0 Å². The first-order chi connectivity index (χ1) is 5.85. The lowest BCUT2D eigenvalue weighted by molar-refractivity contribution is 0.205. The maximum absolute atomic E-state index is 5.47. The molecule has 0 fully saturated rings. The molecule has 5 heteroatoms. The Morgan fingerprint density at radius 1 is 1.08 bits per heavy atom. The van der Waals surface area contributed by atoms with Gasteiger partial charge in [0.2, 0.25) is 0 Å². The van der Waals surface area contributed by atoms with E-state index in [0.29, 0.717) is 26.3 Å². The fraction of sp³-hybridized carbons (Fsp3) is 1.00. The molecule has 0 atom stereocenters. The van der Waals surface area contributed by atoms with E-state index in [2.05, 4.69) is 6.92 Å². The summed E-state index contributed by atoms with van der Waals surface area (Å²) in [6.45, 7) is 4.49. The average molecular weight is 192 g/mol. The molecule has 0 aromatic carbocycles. The molecule has 0 radical (unpaired) electrons. The fourth-order valence-electron chi connectivity index (χ4n) is 0.849. The molecule has 0 amide bonds. The van der Waals surface area contributed by atoms with Crippen LogP contribution in [-0.4, -0.2) is 35.6 Å². The molecular weight excluding hydrogens is 172 g/mol. The molecule has 4 N–H and O–H groups in total. The van der Waals surface area contributed by atoms with E-state index in [1.54, 1.807) is 0 Å². The lowest BCUT2D eigenvalue weighted by Crippen LogP contribution is -2.28. The zero-order valence-electron chi connectivity index (χ0n) is 7.79. The standard InChI is InChI=1S/C7H20N2O2Si/c1-2-7-12(10-5-3-8)11-6-4-9/h12H,2-9H2,1H3. The molecule has 12 heavy (non-hydrogen) atoms. The second-order valence-electron chi connectivity index (χ2n) is 2.54. The van der Waals surface area contributed by atoms with Gasteiger partial charge in [0, 0.05) is 26.3 Å². The van der Waals surface area contributed by atoms with Gasteiger partial charge in [0.05, 0.1) is 0 Å². The highest BCUT2D eigenvalue weighted by Crippen LogP contribution is 1.99. The van der Waals surface area contributed by atoms with E-state index in [1.807, 2.05) is 0 Å². The maximum atomic E-state index is 5.47. The van der Waals surface area contributed by atoms with E-state index in [-0.39, 0.29) is 0 Å². The predicted molar refractivity (Wildman–Crippen MR) is 52.3 cm³/mol. The van der Waals surface area contributed by atoms with E-state index in [0.717, 1.165) is 12.5 Å². The third-order valence-corrected chi connectivity index (χ3v) is 3.63. The normalized spacial score (nSPS) is 11.0. The van der Waals surface area contributed by atoms with Gasteiger partial charge in [-0.3, -0.25) is 0 Å². The molecule has 0 aliphatic carbocycles. The van der Waals surface area contributed by atoms with Gasteiger partial charge in [-0.05, 0) is 6.04 Å². The van der Waals surface area contributed by atoms with Crippen molar-refractivity contribution in [3.8, 4) is 0 Å². The lowest BCUT2D eigenvalue weighted by atomic mass is 10.6. The van der Waals surface area contributed by atoms with Gasteiger partial charge in [0.25, 0.3) is 0 Å². The Morgan fingerprint density at radius 2 is 1.58 bits per heavy atom. The van der Waals surface area contributed by atoms with Crippen molar-refractivity contribution in [2.75, 3.05) is 26.3 Å². The van der Waals surface area contributed by atoms with E-state index < -0.39 is 9.28 Å². The van der Waals surface area contributed by atoms with Crippen molar-refractivity contribution in [3.05, 3.63) is 0 Å². The van der Waals surface area contributed by atoms with Crippen molar-refractivity contribution in [3.63, 3.8) is 0 Å². The number of hydrogen-bond acceptors (Lipinski definition) is 4. The average Bonchev–Trinajstić information content (AvgIpc) is 2.10. The molecule has 0 aromatic heterocycles. The predicted octanol–water partition coefficient (Wildman–Crippen LogP) is -0.432. The first-order valence-electron chi connectivity index (χ1n) is 4.48. The molecule has 0 spiro atoms. The smallest absolute Gasteiger partial charge is 0.321 e. The van der Waals surface area contributed by atoms with Gasteiger partial charge >= 0.3 is 9.28 Å². The summed E-state index contributed by atoms with van der Waals surface area (Å²) in [4.78, 5) is 0. The Kier molecular flexibility index (Phi) is 9.19. The summed E-state index contributed by atoms with van der Waals surface area (Å²) in [7, 11) is -1.43. The highest BCUT2D eigenvalue weighted by Gasteiger charge is 2.10. The van der Waals surface area contributed by atoms with Gasteiger partial charge < -0.3 is 20.3 Å². The van der Waals surface area contributed by atoms with Gasteiger partial charge in [0.15, 0.2) is 0 Å². The summed E-state index contributed by atoms with van der Waals surface area (Å²) in [6, 6.07) is 1.04. The Morgan fingerprint density at radius 3 is 1.92 bits per heavy atom. The second-order valence-corrected chi connectivity index (χ2v) is 4.64. The zero-order chi connectivity index (χ0) is 9.23. The van der Waals surface area contributed by atoms with Crippen LogP contribution in [0.2, 0.25) is 6.04 Å². The summed E-state index contributed by atoms with van der Waals surface area (Å²) in [5, 5.41) is 0. The van der Waals surface area contributed by atoms with Crippen molar-refractivity contribution in [2.45, 2.75) is 19.4 Å². The van der Waals surface area contributed by atoms with Crippen molar-refractivity contribution >= 4 is 9.28 Å². The topological polar surface area (TPSA) is 70.5 Å².